The van der Waals surface area contributed by atoms with Gasteiger partial charge in [0.05, 0.1) is 22.7 Å². The van der Waals surface area contributed by atoms with E-state index in [1.54, 1.807) is 12.1 Å². The molecule has 0 bridgehead atoms. The highest BCUT2D eigenvalue weighted by Gasteiger charge is 2.06. The Kier molecular flexibility index (Phi) is 5.25. The van der Waals surface area contributed by atoms with E-state index in [0.717, 1.165) is 5.56 Å². The number of hydrogen-bond donors (Lipinski definition) is 3. The first-order valence-corrected chi connectivity index (χ1v) is 6.99. The van der Waals surface area contributed by atoms with Gasteiger partial charge in [0.1, 0.15) is 5.75 Å². The van der Waals surface area contributed by atoms with Gasteiger partial charge < -0.3 is 10.2 Å². The number of phenols is 2. The second-order valence-corrected chi connectivity index (χ2v) is 5.28. The molecule has 1 amide bonds. The SMILES string of the molecule is O=C(Cc1ccc(O)cc1)N/N=C\c1cc(Cl)c(O)c(Cl)c1. The summed E-state index contributed by atoms with van der Waals surface area (Å²) >= 11 is 11.6. The van der Waals surface area contributed by atoms with Gasteiger partial charge >= 0.3 is 0 Å². The lowest BCUT2D eigenvalue weighted by atomic mass is 10.1. The van der Waals surface area contributed by atoms with Gasteiger partial charge in [-0.05, 0) is 35.4 Å². The standard InChI is InChI=1S/C15H12Cl2N2O3/c16-12-5-10(6-13(17)15(12)22)8-18-19-14(21)7-9-1-3-11(20)4-2-9/h1-6,8,20,22H,7H2,(H,19,21)/b18-8-. The van der Waals surface area contributed by atoms with E-state index < -0.39 is 0 Å². The molecule has 0 aliphatic carbocycles. The Morgan fingerprint density at radius 1 is 1.14 bits per heavy atom. The number of carbonyl (C=O) groups is 1. The fourth-order valence-corrected chi connectivity index (χ4v) is 2.18. The fourth-order valence-electron chi connectivity index (χ4n) is 1.68. The number of halogens is 2. The molecule has 0 unspecified atom stereocenters. The van der Waals surface area contributed by atoms with Crippen molar-refractivity contribution in [2.45, 2.75) is 6.42 Å². The zero-order chi connectivity index (χ0) is 16.1. The Bertz CT molecular complexity index is 692. The first-order valence-electron chi connectivity index (χ1n) is 6.23. The summed E-state index contributed by atoms with van der Waals surface area (Å²) < 4.78 is 0. The van der Waals surface area contributed by atoms with E-state index in [9.17, 15) is 9.90 Å². The summed E-state index contributed by atoms with van der Waals surface area (Å²) in [7, 11) is 0. The average Bonchev–Trinajstić information content (AvgIpc) is 2.47. The van der Waals surface area contributed by atoms with Gasteiger partial charge in [-0.2, -0.15) is 5.10 Å². The molecule has 0 spiro atoms. The van der Waals surface area contributed by atoms with Crippen molar-refractivity contribution < 1.29 is 15.0 Å². The van der Waals surface area contributed by atoms with Gasteiger partial charge in [0.2, 0.25) is 5.91 Å². The third-order valence-electron chi connectivity index (χ3n) is 2.74. The zero-order valence-corrected chi connectivity index (χ0v) is 12.8. The highest BCUT2D eigenvalue weighted by atomic mass is 35.5. The van der Waals surface area contributed by atoms with Crippen molar-refractivity contribution in [2.75, 3.05) is 0 Å². The van der Waals surface area contributed by atoms with Crippen molar-refractivity contribution in [2.24, 2.45) is 5.10 Å². The molecule has 0 radical (unpaired) electrons. The molecular weight excluding hydrogens is 327 g/mol. The number of aromatic hydroxyl groups is 2. The molecule has 5 nitrogen and oxygen atoms in total. The van der Waals surface area contributed by atoms with Gasteiger partial charge in [-0.3, -0.25) is 4.79 Å². The molecule has 22 heavy (non-hydrogen) atoms. The molecule has 0 aliphatic heterocycles. The van der Waals surface area contributed by atoms with E-state index in [1.807, 2.05) is 0 Å². The molecule has 0 aliphatic rings. The topological polar surface area (TPSA) is 81.9 Å². The maximum Gasteiger partial charge on any atom is 0.244 e. The van der Waals surface area contributed by atoms with Crippen LogP contribution < -0.4 is 5.43 Å². The first-order chi connectivity index (χ1) is 10.5. The maximum atomic E-state index is 11.7. The molecule has 114 valence electrons. The molecule has 0 atom stereocenters. The number of rotatable bonds is 4. The first kappa shape index (κ1) is 16.1. The van der Waals surface area contributed by atoms with Crippen LogP contribution in [0.4, 0.5) is 0 Å². The lowest BCUT2D eigenvalue weighted by molar-refractivity contribution is -0.120. The Morgan fingerprint density at radius 2 is 1.73 bits per heavy atom. The van der Waals surface area contributed by atoms with Crippen LogP contribution in [0.5, 0.6) is 11.5 Å². The summed E-state index contributed by atoms with van der Waals surface area (Å²) in [6.07, 6.45) is 1.50. The Hall–Kier alpha value is -2.24. The van der Waals surface area contributed by atoms with Crippen LogP contribution in [0.1, 0.15) is 11.1 Å². The summed E-state index contributed by atoms with van der Waals surface area (Å²) in [6.45, 7) is 0. The number of amides is 1. The quantitative estimate of drug-likeness (QED) is 0.591. The molecule has 7 heteroatoms. The van der Waals surface area contributed by atoms with E-state index in [2.05, 4.69) is 10.5 Å². The van der Waals surface area contributed by atoms with Crippen molar-refractivity contribution in [1.29, 1.82) is 0 Å². The van der Waals surface area contributed by atoms with Crippen LogP contribution >= 0.6 is 23.2 Å². The molecule has 2 aromatic rings. The summed E-state index contributed by atoms with van der Waals surface area (Å²) in [4.78, 5) is 11.7. The molecule has 2 aromatic carbocycles. The van der Waals surface area contributed by atoms with Crippen molar-refractivity contribution in [3.63, 3.8) is 0 Å². The van der Waals surface area contributed by atoms with Gasteiger partial charge in [-0.1, -0.05) is 35.3 Å². The Balaban J connectivity index is 1.94. The highest BCUT2D eigenvalue weighted by Crippen LogP contribution is 2.32. The minimum Gasteiger partial charge on any atom is -0.508 e. The predicted molar refractivity (Wildman–Crippen MR) is 85.7 cm³/mol. The van der Waals surface area contributed by atoms with Crippen LogP contribution in [-0.4, -0.2) is 22.3 Å². The monoisotopic (exact) mass is 338 g/mol. The fraction of sp³-hybridized carbons (Fsp3) is 0.0667. The molecule has 0 heterocycles. The number of nitrogens with one attached hydrogen (secondary N) is 1. The number of hydrogen-bond acceptors (Lipinski definition) is 4. The van der Waals surface area contributed by atoms with Crippen LogP contribution in [0.25, 0.3) is 0 Å². The minimum atomic E-state index is -0.307. The number of benzene rings is 2. The molecule has 0 fully saturated rings. The largest absolute Gasteiger partial charge is 0.508 e. The predicted octanol–water partition coefficient (Wildman–Crippen LogP) is 3.10. The van der Waals surface area contributed by atoms with Crippen molar-refractivity contribution in [3.05, 3.63) is 57.6 Å². The van der Waals surface area contributed by atoms with Gasteiger partial charge in [0, 0.05) is 0 Å². The van der Waals surface area contributed by atoms with Gasteiger partial charge in [0.25, 0.3) is 0 Å². The molecule has 0 aromatic heterocycles. The van der Waals surface area contributed by atoms with E-state index in [1.165, 1.54) is 30.5 Å². The van der Waals surface area contributed by atoms with Crippen LogP contribution in [0, 0.1) is 0 Å². The smallest absolute Gasteiger partial charge is 0.244 e. The maximum absolute atomic E-state index is 11.7. The second kappa shape index (κ2) is 7.15. The van der Waals surface area contributed by atoms with Crippen molar-refractivity contribution in [1.82, 2.24) is 5.43 Å². The lowest BCUT2D eigenvalue weighted by Crippen LogP contribution is -2.19. The normalized spacial score (nSPS) is 10.8. The summed E-state index contributed by atoms with van der Waals surface area (Å²) in [6, 6.07) is 9.26. The highest BCUT2D eigenvalue weighted by molar-refractivity contribution is 6.37. The van der Waals surface area contributed by atoms with Gasteiger partial charge in [-0.25, -0.2) is 5.43 Å². The molecule has 0 saturated carbocycles. The number of nitrogens with zero attached hydrogens (tertiary/aromatic N) is 1. The van der Waals surface area contributed by atoms with Crippen molar-refractivity contribution in [3.8, 4) is 11.5 Å². The van der Waals surface area contributed by atoms with Crippen LogP contribution in [0.15, 0.2) is 41.5 Å². The third kappa shape index (κ3) is 4.38. The van der Waals surface area contributed by atoms with E-state index >= 15 is 0 Å². The summed E-state index contributed by atoms with van der Waals surface area (Å²) in [5.41, 5.74) is 3.66. The van der Waals surface area contributed by atoms with E-state index in [4.69, 9.17) is 28.3 Å². The second-order valence-electron chi connectivity index (χ2n) is 4.47. The summed E-state index contributed by atoms with van der Waals surface area (Å²) in [5, 5.41) is 22.6. The zero-order valence-electron chi connectivity index (χ0n) is 11.3. The third-order valence-corrected chi connectivity index (χ3v) is 3.32. The van der Waals surface area contributed by atoms with Gasteiger partial charge in [0.15, 0.2) is 5.75 Å². The molecule has 0 saturated heterocycles. The van der Waals surface area contributed by atoms with Crippen LogP contribution in [0.3, 0.4) is 0 Å². The number of hydrazone groups is 1. The van der Waals surface area contributed by atoms with E-state index in [0.29, 0.717) is 5.56 Å². The Morgan fingerprint density at radius 3 is 2.32 bits per heavy atom. The summed E-state index contributed by atoms with van der Waals surface area (Å²) in [5.74, 6) is -0.363. The molecular formula is C15H12Cl2N2O3. The Labute approximate surface area is 136 Å². The molecule has 3 N–H and O–H groups in total. The van der Waals surface area contributed by atoms with E-state index in [-0.39, 0.29) is 33.9 Å². The van der Waals surface area contributed by atoms with Gasteiger partial charge in [-0.15, -0.1) is 0 Å². The lowest BCUT2D eigenvalue weighted by Gasteiger charge is -2.02. The van der Waals surface area contributed by atoms with Crippen LogP contribution in [-0.2, 0) is 11.2 Å². The van der Waals surface area contributed by atoms with Crippen molar-refractivity contribution >= 4 is 35.3 Å². The average molecular weight is 339 g/mol. The minimum absolute atomic E-state index is 0.101. The molecule has 2 rings (SSSR count). The van der Waals surface area contributed by atoms with Crippen LogP contribution in [0.2, 0.25) is 10.0 Å². The number of phenolic OH excluding ortho intramolecular Hbond substituents is 2. The number of carbonyl (C=O) groups excluding carboxylic acids is 1.